The van der Waals surface area contributed by atoms with E-state index in [0.717, 1.165) is 58.0 Å². The molecule has 0 radical (unpaired) electrons. The zero-order valence-electron chi connectivity index (χ0n) is 18.1. The van der Waals surface area contributed by atoms with E-state index in [0.29, 0.717) is 0 Å². The minimum absolute atomic E-state index is 0.0971. The average molecular weight is 435 g/mol. The Hall–Kier alpha value is -2.92. The Morgan fingerprint density at radius 3 is 2.39 bits per heavy atom. The molecular weight excluding hydrogens is 411 g/mol. The number of hydrogen-bond acceptors (Lipinski definition) is 3. The second-order valence-electron chi connectivity index (χ2n) is 8.41. The molecule has 5 rings (SSSR count). The number of hydrogen-bond donors (Lipinski definition) is 1. The molecule has 1 atom stereocenters. The molecule has 31 heavy (non-hydrogen) atoms. The maximum atomic E-state index is 14.2. The molecule has 6 heteroatoms. The molecular formula is C25H24ClFN4. The monoisotopic (exact) mass is 434 g/mol. The molecule has 0 amide bonds. The Bertz CT molecular complexity index is 1290. The first-order chi connectivity index (χ1) is 14.8. The highest BCUT2D eigenvalue weighted by Gasteiger charge is 2.34. The molecule has 3 heterocycles. The molecule has 0 aliphatic carbocycles. The number of aryl methyl sites for hydroxylation is 3. The molecule has 0 fully saturated rings. The van der Waals surface area contributed by atoms with Crippen LogP contribution in [0.2, 0.25) is 5.02 Å². The molecule has 4 aromatic rings. The first-order valence-electron chi connectivity index (χ1n) is 10.5. The van der Waals surface area contributed by atoms with Gasteiger partial charge in [0.1, 0.15) is 5.82 Å². The molecule has 0 bridgehead atoms. The third kappa shape index (κ3) is 3.28. The van der Waals surface area contributed by atoms with Gasteiger partial charge in [-0.3, -0.25) is 0 Å². The van der Waals surface area contributed by atoms with E-state index in [1.54, 1.807) is 6.07 Å². The number of aromatic amines is 1. The van der Waals surface area contributed by atoms with Gasteiger partial charge in [0, 0.05) is 34.5 Å². The summed E-state index contributed by atoms with van der Waals surface area (Å²) in [6.07, 6.45) is 0.801. The van der Waals surface area contributed by atoms with Crippen molar-refractivity contribution >= 4 is 28.5 Å². The summed E-state index contributed by atoms with van der Waals surface area (Å²) in [5.41, 5.74) is 8.43. The summed E-state index contributed by atoms with van der Waals surface area (Å²) >= 11 is 6.11. The van der Waals surface area contributed by atoms with Crippen molar-refractivity contribution in [3.63, 3.8) is 0 Å². The molecule has 158 valence electrons. The van der Waals surface area contributed by atoms with E-state index in [-0.39, 0.29) is 11.1 Å². The Morgan fingerprint density at radius 1 is 1.03 bits per heavy atom. The van der Waals surface area contributed by atoms with Crippen LogP contribution in [0, 0.1) is 33.5 Å². The van der Waals surface area contributed by atoms with Gasteiger partial charge in [0.25, 0.3) is 0 Å². The summed E-state index contributed by atoms with van der Waals surface area (Å²) in [6.45, 7) is 8.94. The van der Waals surface area contributed by atoms with Gasteiger partial charge in [-0.1, -0.05) is 41.4 Å². The van der Waals surface area contributed by atoms with E-state index in [1.165, 1.54) is 17.2 Å². The van der Waals surface area contributed by atoms with Crippen LogP contribution in [0.5, 0.6) is 0 Å². The fourth-order valence-electron chi connectivity index (χ4n) is 4.48. The Labute approximate surface area is 186 Å². The standard InChI is InChI=1S/C25H24ClFN4/c1-13-5-7-17(8-6-13)24-23-18(19-11-20(26)21(27)12-22(19)30-23)9-10-31(24)25-28-15(3)14(2)16(4)29-25/h5-8,11-12,24,30H,9-10H2,1-4H3. The lowest BCUT2D eigenvalue weighted by Crippen LogP contribution is -2.37. The summed E-state index contributed by atoms with van der Waals surface area (Å²) in [7, 11) is 0. The number of aromatic nitrogens is 3. The molecule has 1 N–H and O–H groups in total. The predicted molar refractivity (Wildman–Crippen MR) is 124 cm³/mol. The fourth-order valence-corrected chi connectivity index (χ4v) is 4.64. The molecule has 1 unspecified atom stereocenters. The van der Waals surface area contributed by atoms with Crippen LogP contribution in [-0.2, 0) is 6.42 Å². The third-order valence-electron chi connectivity index (χ3n) is 6.44. The van der Waals surface area contributed by atoms with E-state index in [4.69, 9.17) is 21.6 Å². The second-order valence-corrected chi connectivity index (χ2v) is 8.81. The molecule has 2 aromatic heterocycles. The van der Waals surface area contributed by atoms with Crippen molar-refractivity contribution in [2.45, 2.75) is 40.2 Å². The summed E-state index contributed by atoms with van der Waals surface area (Å²) in [5.74, 6) is 0.310. The molecule has 0 saturated carbocycles. The maximum Gasteiger partial charge on any atom is 0.226 e. The van der Waals surface area contributed by atoms with Crippen molar-refractivity contribution in [1.82, 2.24) is 15.0 Å². The zero-order chi connectivity index (χ0) is 21.9. The zero-order valence-corrected chi connectivity index (χ0v) is 18.8. The van der Waals surface area contributed by atoms with Crippen molar-refractivity contribution in [3.8, 4) is 0 Å². The van der Waals surface area contributed by atoms with Crippen LogP contribution in [0.1, 0.15) is 45.4 Å². The Kier molecular flexibility index (Phi) is 4.74. The summed E-state index contributed by atoms with van der Waals surface area (Å²) < 4.78 is 14.2. The lowest BCUT2D eigenvalue weighted by atomic mass is 9.92. The normalized spacial score (nSPS) is 16.1. The van der Waals surface area contributed by atoms with Crippen molar-refractivity contribution in [3.05, 3.63) is 86.6 Å². The quantitative estimate of drug-likeness (QED) is 0.412. The number of H-pyrrole nitrogens is 1. The summed E-state index contributed by atoms with van der Waals surface area (Å²) in [5, 5.41) is 1.13. The van der Waals surface area contributed by atoms with E-state index in [9.17, 15) is 4.39 Å². The number of nitrogens with zero attached hydrogens (tertiary/aromatic N) is 3. The highest BCUT2D eigenvalue weighted by Crippen LogP contribution is 2.41. The lowest BCUT2D eigenvalue weighted by Gasteiger charge is -2.36. The van der Waals surface area contributed by atoms with Crippen LogP contribution in [-0.4, -0.2) is 21.5 Å². The topological polar surface area (TPSA) is 44.8 Å². The summed E-state index contributed by atoms with van der Waals surface area (Å²) in [6, 6.07) is 11.7. The number of rotatable bonds is 2. The number of nitrogens with one attached hydrogen (secondary N) is 1. The van der Waals surface area contributed by atoms with Crippen LogP contribution >= 0.6 is 11.6 Å². The predicted octanol–water partition coefficient (Wildman–Crippen LogP) is 6.14. The molecule has 0 spiro atoms. The van der Waals surface area contributed by atoms with Gasteiger partial charge in [0.15, 0.2) is 0 Å². The molecule has 4 nitrogen and oxygen atoms in total. The van der Waals surface area contributed by atoms with Crippen molar-refractivity contribution in [2.75, 3.05) is 11.4 Å². The van der Waals surface area contributed by atoms with Gasteiger partial charge in [-0.2, -0.15) is 0 Å². The van der Waals surface area contributed by atoms with Crippen molar-refractivity contribution in [1.29, 1.82) is 0 Å². The van der Waals surface area contributed by atoms with Crippen LogP contribution < -0.4 is 4.90 Å². The highest BCUT2D eigenvalue weighted by molar-refractivity contribution is 6.31. The smallest absolute Gasteiger partial charge is 0.226 e. The van der Waals surface area contributed by atoms with Gasteiger partial charge in [0.2, 0.25) is 5.95 Å². The number of halogens is 2. The van der Waals surface area contributed by atoms with E-state index in [2.05, 4.69) is 48.0 Å². The van der Waals surface area contributed by atoms with Crippen molar-refractivity contribution < 1.29 is 4.39 Å². The van der Waals surface area contributed by atoms with Crippen molar-refractivity contribution in [2.24, 2.45) is 0 Å². The highest BCUT2D eigenvalue weighted by atomic mass is 35.5. The molecule has 2 aromatic carbocycles. The van der Waals surface area contributed by atoms with Gasteiger partial charge in [-0.25, -0.2) is 14.4 Å². The van der Waals surface area contributed by atoms with Gasteiger partial charge in [0.05, 0.1) is 11.1 Å². The van der Waals surface area contributed by atoms with Gasteiger partial charge >= 0.3 is 0 Å². The minimum Gasteiger partial charge on any atom is -0.356 e. The van der Waals surface area contributed by atoms with Crippen LogP contribution in [0.25, 0.3) is 10.9 Å². The van der Waals surface area contributed by atoms with E-state index in [1.807, 2.05) is 13.8 Å². The fraction of sp³-hybridized carbons (Fsp3) is 0.280. The lowest BCUT2D eigenvalue weighted by molar-refractivity contribution is 0.623. The van der Waals surface area contributed by atoms with Gasteiger partial charge in [-0.15, -0.1) is 0 Å². The number of anilines is 1. The summed E-state index contributed by atoms with van der Waals surface area (Å²) in [4.78, 5) is 15.4. The van der Waals surface area contributed by atoms with E-state index < -0.39 is 5.82 Å². The largest absolute Gasteiger partial charge is 0.356 e. The number of fused-ring (bicyclic) bond motifs is 3. The second kappa shape index (κ2) is 7.34. The van der Waals surface area contributed by atoms with Gasteiger partial charge in [-0.05, 0) is 62.9 Å². The average Bonchev–Trinajstić information content (AvgIpc) is 3.09. The third-order valence-corrected chi connectivity index (χ3v) is 6.73. The first-order valence-corrected chi connectivity index (χ1v) is 10.9. The first kappa shape index (κ1) is 20.0. The molecule has 0 saturated heterocycles. The SMILES string of the molecule is Cc1ccc(C2c3[nH]c4cc(F)c(Cl)cc4c3CCN2c2nc(C)c(C)c(C)n2)cc1. The van der Waals surface area contributed by atoms with Gasteiger partial charge < -0.3 is 9.88 Å². The minimum atomic E-state index is -0.412. The number of benzene rings is 2. The maximum absolute atomic E-state index is 14.2. The van der Waals surface area contributed by atoms with Crippen LogP contribution in [0.15, 0.2) is 36.4 Å². The van der Waals surface area contributed by atoms with Crippen LogP contribution in [0.4, 0.5) is 10.3 Å². The molecule has 1 aliphatic rings. The van der Waals surface area contributed by atoms with E-state index >= 15 is 0 Å². The van der Waals surface area contributed by atoms with Crippen LogP contribution in [0.3, 0.4) is 0 Å². The Balaban J connectivity index is 1.73. The Morgan fingerprint density at radius 2 is 1.71 bits per heavy atom. The molecule has 1 aliphatic heterocycles.